The van der Waals surface area contributed by atoms with Crippen LogP contribution in [0.5, 0.6) is 0 Å². The minimum Gasteiger partial charge on any atom is -0.334 e. The van der Waals surface area contributed by atoms with E-state index in [-0.39, 0.29) is 5.78 Å². The van der Waals surface area contributed by atoms with E-state index in [0.717, 1.165) is 21.2 Å². The third-order valence-electron chi connectivity index (χ3n) is 2.15. The molecule has 0 aliphatic carbocycles. The van der Waals surface area contributed by atoms with Crippen LogP contribution in [0.1, 0.15) is 18.3 Å². The van der Waals surface area contributed by atoms with Crippen LogP contribution in [0.15, 0.2) is 10.8 Å². The number of aromatic nitrogens is 3. The first-order valence-corrected chi connectivity index (χ1v) is 5.36. The number of hydrogen-bond acceptors (Lipinski definition) is 3. The number of halogens is 1. The van der Waals surface area contributed by atoms with Crippen molar-refractivity contribution in [2.24, 2.45) is 0 Å². The normalized spacial score (nSPS) is 10.9. The minimum atomic E-state index is 0.122. The van der Waals surface area contributed by atoms with E-state index in [1.807, 2.05) is 6.92 Å². The number of nitrogens with zero attached hydrogens (tertiary/aromatic N) is 2. The number of rotatable bonds is 2. The van der Waals surface area contributed by atoms with Gasteiger partial charge in [0.1, 0.15) is 17.3 Å². The Kier molecular flexibility index (Phi) is 2.56. The highest BCUT2D eigenvalue weighted by atomic mass is 79.9. The molecule has 1 N–H and O–H groups in total. The molecule has 0 aliphatic rings. The van der Waals surface area contributed by atoms with Gasteiger partial charge >= 0.3 is 0 Å². The highest BCUT2D eigenvalue weighted by molar-refractivity contribution is 9.10. The van der Waals surface area contributed by atoms with Crippen LogP contribution < -0.4 is 0 Å². The van der Waals surface area contributed by atoms with Crippen molar-refractivity contribution in [3.05, 3.63) is 22.2 Å². The molecule has 0 atom stereocenters. The molecule has 0 fully saturated rings. The topological polar surface area (TPSA) is 58.6 Å². The second-order valence-electron chi connectivity index (χ2n) is 3.48. The minimum absolute atomic E-state index is 0.122. The predicted octanol–water partition coefficient (Wildman–Crippen LogP) is 2.16. The molecule has 2 rings (SSSR count). The van der Waals surface area contributed by atoms with Crippen molar-refractivity contribution in [3.63, 3.8) is 0 Å². The second kappa shape index (κ2) is 3.73. The number of aromatic amines is 1. The molecule has 0 aromatic carbocycles. The third kappa shape index (κ3) is 1.92. The molecule has 5 heteroatoms. The summed E-state index contributed by atoms with van der Waals surface area (Å²) >= 11 is 3.39. The number of carbonyl (C=O) groups excluding carboxylic acids is 1. The number of ketones is 1. The zero-order chi connectivity index (χ0) is 11.0. The van der Waals surface area contributed by atoms with E-state index in [4.69, 9.17) is 0 Å². The number of H-pyrrole nitrogens is 1. The molecule has 78 valence electrons. The van der Waals surface area contributed by atoms with E-state index >= 15 is 0 Å². The quantitative estimate of drug-likeness (QED) is 0.907. The van der Waals surface area contributed by atoms with Gasteiger partial charge in [0.2, 0.25) is 0 Å². The Bertz CT molecular complexity index is 533. The molecule has 0 amide bonds. The van der Waals surface area contributed by atoms with E-state index in [2.05, 4.69) is 30.9 Å². The standard InChI is InChI=1S/C10H10BrN3O/c1-5(15)3-7-8-4-12-6(2)13-10(8)14-9(7)11/h4H,3H2,1-2H3,(H,12,13,14). The molecular weight excluding hydrogens is 258 g/mol. The summed E-state index contributed by atoms with van der Waals surface area (Å²) in [5, 5.41) is 0.905. The first-order valence-electron chi connectivity index (χ1n) is 4.57. The van der Waals surface area contributed by atoms with E-state index in [1.165, 1.54) is 0 Å². The van der Waals surface area contributed by atoms with Gasteiger partial charge in [-0.1, -0.05) is 0 Å². The Hall–Kier alpha value is -1.23. The molecule has 0 saturated carbocycles. The average molecular weight is 268 g/mol. The Labute approximate surface area is 95.3 Å². The molecule has 0 unspecified atom stereocenters. The molecule has 2 aromatic heterocycles. The lowest BCUT2D eigenvalue weighted by atomic mass is 10.1. The molecule has 0 aliphatic heterocycles. The lowest BCUT2D eigenvalue weighted by molar-refractivity contribution is -0.116. The fraction of sp³-hybridized carbons (Fsp3) is 0.300. The maximum atomic E-state index is 11.1. The van der Waals surface area contributed by atoms with Crippen LogP contribution in [-0.4, -0.2) is 20.7 Å². The highest BCUT2D eigenvalue weighted by Crippen LogP contribution is 2.25. The van der Waals surface area contributed by atoms with E-state index in [1.54, 1.807) is 13.1 Å². The van der Waals surface area contributed by atoms with Gasteiger partial charge in [-0.05, 0) is 29.8 Å². The molecule has 0 bridgehead atoms. The van der Waals surface area contributed by atoms with Crippen LogP contribution in [0, 0.1) is 6.92 Å². The number of Topliss-reactive ketones (excluding diaryl/α,β-unsaturated/α-hetero) is 1. The molecule has 2 heterocycles. The van der Waals surface area contributed by atoms with Crippen LogP contribution in [-0.2, 0) is 11.2 Å². The lowest BCUT2D eigenvalue weighted by Gasteiger charge is -1.95. The highest BCUT2D eigenvalue weighted by Gasteiger charge is 2.12. The van der Waals surface area contributed by atoms with Crippen LogP contribution >= 0.6 is 15.9 Å². The Morgan fingerprint density at radius 1 is 1.60 bits per heavy atom. The lowest BCUT2D eigenvalue weighted by Crippen LogP contribution is -1.96. The summed E-state index contributed by atoms with van der Waals surface area (Å²) in [4.78, 5) is 22.6. The van der Waals surface area contributed by atoms with Crippen molar-refractivity contribution in [3.8, 4) is 0 Å². The Morgan fingerprint density at radius 3 is 3.00 bits per heavy atom. The van der Waals surface area contributed by atoms with E-state index in [9.17, 15) is 4.79 Å². The summed E-state index contributed by atoms with van der Waals surface area (Å²) in [7, 11) is 0. The zero-order valence-electron chi connectivity index (χ0n) is 8.47. The molecule has 0 saturated heterocycles. The van der Waals surface area contributed by atoms with Gasteiger partial charge in [0, 0.05) is 23.6 Å². The van der Waals surface area contributed by atoms with Crippen molar-refractivity contribution >= 4 is 32.7 Å². The second-order valence-corrected chi connectivity index (χ2v) is 4.27. The summed E-state index contributed by atoms with van der Waals surface area (Å²) in [5.74, 6) is 0.836. The van der Waals surface area contributed by atoms with Gasteiger partial charge in [-0.2, -0.15) is 0 Å². The number of hydrogen-bond donors (Lipinski definition) is 1. The fourth-order valence-electron chi connectivity index (χ4n) is 1.51. The molecular formula is C10H10BrN3O. The van der Waals surface area contributed by atoms with Crippen molar-refractivity contribution in [2.45, 2.75) is 20.3 Å². The molecule has 0 spiro atoms. The zero-order valence-corrected chi connectivity index (χ0v) is 10.1. The van der Waals surface area contributed by atoms with Crippen LogP contribution in [0.25, 0.3) is 11.0 Å². The third-order valence-corrected chi connectivity index (χ3v) is 2.83. The van der Waals surface area contributed by atoms with Gasteiger partial charge in [-0.3, -0.25) is 4.79 Å². The molecule has 2 aromatic rings. The maximum Gasteiger partial charge on any atom is 0.142 e. The van der Waals surface area contributed by atoms with Crippen molar-refractivity contribution in [1.29, 1.82) is 0 Å². The van der Waals surface area contributed by atoms with Crippen LogP contribution in [0.2, 0.25) is 0 Å². The number of nitrogens with one attached hydrogen (secondary N) is 1. The molecule has 0 radical (unpaired) electrons. The predicted molar refractivity (Wildman–Crippen MR) is 60.7 cm³/mol. The Balaban J connectivity index is 2.63. The largest absolute Gasteiger partial charge is 0.334 e. The smallest absolute Gasteiger partial charge is 0.142 e. The first-order chi connectivity index (χ1) is 7.08. The number of carbonyl (C=O) groups is 1. The van der Waals surface area contributed by atoms with Gasteiger partial charge in [-0.15, -0.1) is 0 Å². The number of fused-ring (bicyclic) bond motifs is 1. The molecule has 4 nitrogen and oxygen atoms in total. The first kappa shape index (κ1) is 10.3. The van der Waals surface area contributed by atoms with Crippen molar-refractivity contribution in [2.75, 3.05) is 0 Å². The van der Waals surface area contributed by atoms with Gasteiger partial charge in [0.05, 0.1) is 4.60 Å². The van der Waals surface area contributed by atoms with Crippen molar-refractivity contribution < 1.29 is 4.79 Å². The van der Waals surface area contributed by atoms with Crippen molar-refractivity contribution in [1.82, 2.24) is 15.0 Å². The summed E-state index contributed by atoms with van der Waals surface area (Å²) in [6.45, 7) is 3.40. The summed E-state index contributed by atoms with van der Waals surface area (Å²) in [6, 6.07) is 0. The van der Waals surface area contributed by atoms with Crippen LogP contribution in [0.3, 0.4) is 0 Å². The van der Waals surface area contributed by atoms with Gasteiger partial charge in [0.25, 0.3) is 0 Å². The van der Waals surface area contributed by atoms with E-state index in [0.29, 0.717) is 12.2 Å². The maximum absolute atomic E-state index is 11.1. The van der Waals surface area contributed by atoms with E-state index < -0.39 is 0 Å². The fourth-order valence-corrected chi connectivity index (χ4v) is 2.05. The molecule has 15 heavy (non-hydrogen) atoms. The average Bonchev–Trinajstić information content (AvgIpc) is 2.41. The van der Waals surface area contributed by atoms with Gasteiger partial charge in [0.15, 0.2) is 0 Å². The summed E-state index contributed by atoms with van der Waals surface area (Å²) < 4.78 is 0.813. The van der Waals surface area contributed by atoms with Gasteiger partial charge < -0.3 is 4.98 Å². The summed E-state index contributed by atoms with van der Waals surface area (Å²) in [5.41, 5.74) is 1.70. The monoisotopic (exact) mass is 267 g/mol. The van der Waals surface area contributed by atoms with Crippen LogP contribution in [0.4, 0.5) is 0 Å². The Morgan fingerprint density at radius 2 is 2.33 bits per heavy atom. The SMILES string of the molecule is CC(=O)Cc1c(Br)[nH]c2nc(C)ncc12. The number of aryl methyl sites for hydroxylation is 1. The summed E-state index contributed by atoms with van der Waals surface area (Å²) in [6.07, 6.45) is 2.14. The van der Waals surface area contributed by atoms with Gasteiger partial charge in [-0.25, -0.2) is 9.97 Å².